The van der Waals surface area contributed by atoms with E-state index in [1.807, 2.05) is 0 Å². The number of amides is 1. The first-order valence-electron chi connectivity index (χ1n) is 9.48. The highest BCUT2D eigenvalue weighted by molar-refractivity contribution is 5.83. The van der Waals surface area contributed by atoms with Crippen LogP contribution in [0.3, 0.4) is 0 Å². The number of nitrogens with zero attached hydrogens (tertiary/aromatic N) is 1. The van der Waals surface area contributed by atoms with Gasteiger partial charge in [0.15, 0.2) is 0 Å². The van der Waals surface area contributed by atoms with Crippen molar-refractivity contribution in [1.29, 1.82) is 0 Å². The molecule has 3 rings (SSSR count). The Kier molecular flexibility index (Phi) is 5.94. The molecule has 0 aromatic carbocycles. The molecule has 0 unspecified atom stereocenters. The number of hydrogen-bond donors (Lipinski definition) is 2. The van der Waals surface area contributed by atoms with Crippen LogP contribution in [0.2, 0.25) is 0 Å². The quantitative estimate of drug-likeness (QED) is 0.806. The smallest absolute Gasteiger partial charge is 0.228 e. The van der Waals surface area contributed by atoms with Gasteiger partial charge in [0.05, 0.1) is 12.0 Å². The summed E-state index contributed by atoms with van der Waals surface area (Å²) >= 11 is 0. The van der Waals surface area contributed by atoms with Crippen LogP contribution in [0.25, 0.3) is 0 Å². The predicted octanol–water partition coefficient (Wildman–Crippen LogP) is 1.53. The van der Waals surface area contributed by atoms with Gasteiger partial charge in [-0.1, -0.05) is 12.8 Å². The summed E-state index contributed by atoms with van der Waals surface area (Å²) in [7, 11) is 1.71. The number of carbonyl (C=O) groups is 1. The summed E-state index contributed by atoms with van der Waals surface area (Å²) in [5, 5.41) is 6.70. The first-order chi connectivity index (χ1) is 11.2. The molecular weight excluding hydrogens is 290 g/mol. The van der Waals surface area contributed by atoms with E-state index in [2.05, 4.69) is 15.5 Å². The molecule has 3 aliphatic rings. The minimum atomic E-state index is -0.317. The molecule has 5 nitrogen and oxygen atoms in total. The molecule has 0 spiro atoms. The Morgan fingerprint density at radius 1 is 1.17 bits per heavy atom. The highest BCUT2D eigenvalue weighted by atomic mass is 16.5. The maximum Gasteiger partial charge on any atom is 0.228 e. The molecule has 23 heavy (non-hydrogen) atoms. The Balaban J connectivity index is 1.49. The van der Waals surface area contributed by atoms with E-state index < -0.39 is 0 Å². The van der Waals surface area contributed by atoms with Gasteiger partial charge in [-0.05, 0) is 51.6 Å². The average molecular weight is 323 g/mol. The van der Waals surface area contributed by atoms with E-state index in [1.165, 1.54) is 25.7 Å². The first-order valence-corrected chi connectivity index (χ1v) is 9.48. The molecule has 0 atom stereocenters. The van der Waals surface area contributed by atoms with Crippen LogP contribution in [0.4, 0.5) is 0 Å². The summed E-state index contributed by atoms with van der Waals surface area (Å²) in [6, 6.07) is 1.17. The second-order valence-corrected chi connectivity index (χ2v) is 7.69. The zero-order valence-corrected chi connectivity index (χ0v) is 14.6. The Morgan fingerprint density at radius 3 is 2.43 bits per heavy atom. The predicted molar refractivity (Wildman–Crippen MR) is 91.4 cm³/mol. The van der Waals surface area contributed by atoms with Gasteiger partial charge >= 0.3 is 0 Å². The Hall–Kier alpha value is -0.650. The van der Waals surface area contributed by atoms with Gasteiger partial charge in [-0.3, -0.25) is 4.79 Å². The van der Waals surface area contributed by atoms with Crippen LogP contribution in [0.5, 0.6) is 0 Å². The van der Waals surface area contributed by atoms with E-state index in [0.717, 1.165) is 57.9 Å². The molecule has 0 aromatic heterocycles. The number of rotatable bonds is 5. The molecule has 2 aliphatic heterocycles. The highest BCUT2D eigenvalue weighted by Crippen LogP contribution is 2.31. The first kappa shape index (κ1) is 17.2. The van der Waals surface area contributed by atoms with E-state index in [0.29, 0.717) is 12.6 Å². The topological polar surface area (TPSA) is 53.6 Å². The molecule has 1 aliphatic carbocycles. The van der Waals surface area contributed by atoms with Gasteiger partial charge in [-0.2, -0.15) is 0 Å². The van der Waals surface area contributed by atoms with Crippen molar-refractivity contribution in [3.63, 3.8) is 0 Å². The van der Waals surface area contributed by atoms with Crippen LogP contribution in [0.1, 0.15) is 51.4 Å². The summed E-state index contributed by atoms with van der Waals surface area (Å²) in [6.07, 6.45) is 9.51. The van der Waals surface area contributed by atoms with E-state index in [9.17, 15) is 4.79 Å². The molecule has 2 heterocycles. The zero-order valence-electron chi connectivity index (χ0n) is 14.6. The van der Waals surface area contributed by atoms with Gasteiger partial charge < -0.3 is 20.3 Å². The standard InChI is InChI=1S/C18H33N3O2/c1-23-14-18(8-10-19-11-9-18)17(22)20-15-6-12-21(13-7-15)16-4-2-3-5-16/h15-16,19H,2-14H2,1H3,(H,20,22). The third-order valence-electron chi connectivity index (χ3n) is 6.17. The summed E-state index contributed by atoms with van der Waals surface area (Å²) < 4.78 is 5.38. The molecule has 1 amide bonds. The lowest BCUT2D eigenvalue weighted by atomic mass is 9.78. The number of methoxy groups -OCH3 is 1. The molecule has 2 saturated heterocycles. The third kappa shape index (κ3) is 4.06. The highest BCUT2D eigenvalue weighted by Gasteiger charge is 2.40. The number of carbonyl (C=O) groups excluding carboxylic acids is 1. The average Bonchev–Trinajstić information content (AvgIpc) is 3.11. The molecule has 2 N–H and O–H groups in total. The van der Waals surface area contributed by atoms with Crippen LogP contribution in [-0.4, -0.2) is 62.8 Å². The molecular formula is C18H33N3O2. The minimum Gasteiger partial charge on any atom is -0.384 e. The van der Waals surface area contributed by atoms with Crippen molar-refractivity contribution in [1.82, 2.24) is 15.5 Å². The molecule has 0 bridgehead atoms. The zero-order chi connectivity index (χ0) is 16.1. The summed E-state index contributed by atoms with van der Waals surface area (Å²) in [5.74, 6) is 0.222. The van der Waals surface area contributed by atoms with Crippen LogP contribution in [0, 0.1) is 5.41 Å². The van der Waals surface area contributed by atoms with Crippen molar-refractivity contribution >= 4 is 5.91 Å². The summed E-state index contributed by atoms with van der Waals surface area (Å²) in [5.41, 5.74) is -0.317. The third-order valence-corrected chi connectivity index (χ3v) is 6.17. The van der Waals surface area contributed by atoms with E-state index in [4.69, 9.17) is 4.74 Å². The monoisotopic (exact) mass is 323 g/mol. The SMILES string of the molecule is COCC1(C(=O)NC2CCN(C3CCCC3)CC2)CCNCC1. The Bertz CT molecular complexity index is 376. The van der Waals surface area contributed by atoms with Crippen molar-refractivity contribution in [3.8, 4) is 0 Å². The fraction of sp³-hybridized carbons (Fsp3) is 0.944. The number of likely N-dealkylation sites (tertiary alicyclic amines) is 1. The molecule has 0 radical (unpaired) electrons. The van der Waals surface area contributed by atoms with E-state index in [1.54, 1.807) is 7.11 Å². The Morgan fingerprint density at radius 2 is 1.83 bits per heavy atom. The largest absolute Gasteiger partial charge is 0.384 e. The summed E-state index contributed by atoms with van der Waals surface area (Å²) in [4.78, 5) is 15.5. The van der Waals surface area contributed by atoms with Gasteiger partial charge in [0.1, 0.15) is 0 Å². The van der Waals surface area contributed by atoms with Crippen molar-refractivity contribution < 1.29 is 9.53 Å². The van der Waals surface area contributed by atoms with Crippen molar-refractivity contribution in [2.75, 3.05) is 39.9 Å². The van der Waals surface area contributed by atoms with Crippen LogP contribution in [-0.2, 0) is 9.53 Å². The lowest BCUT2D eigenvalue weighted by molar-refractivity contribution is -0.137. The van der Waals surface area contributed by atoms with E-state index in [-0.39, 0.29) is 11.3 Å². The molecule has 0 aromatic rings. The maximum atomic E-state index is 12.9. The van der Waals surface area contributed by atoms with Gasteiger partial charge in [-0.15, -0.1) is 0 Å². The summed E-state index contributed by atoms with van der Waals surface area (Å²) in [6.45, 7) is 4.66. The molecule has 3 fully saturated rings. The van der Waals surface area contributed by atoms with Crippen molar-refractivity contribution in [2.24, 2.45) is 5.41 Å². The Labute approximate surface area is 140 Å². The van der Waals surface area contributed by atoms with Gasteiger partial charge in [0, 0.05) is 32.3 Å². The van der Waals surface area contributed by atoms with Crippen LogP contribution >= 0.6 is 0 Å². The number of piperidine rings is 2. The van der Waals surface area contributed by atoms with Crippen LogP contribution in [0.15, 0.2) is 0 Å². The lowest BCUT2D eigenvalue weighted by Crippen LogP contribution is -2.54. The number of hydrogen-bond acceptors (Lipinski definition) is 4. The minimum absolute atomic E-state index is 0.222. The normalized spacial score (nSPS) is 27.2. The molecule has 5 heteroatoms. The lowest BCUT2D eigenvalue weighted by Gasteiger charge is -2.40. The van der Waals surface area contributed by atoms with Crippen molar-refractivity contribution in [3.05, 3.63) is 0 Å². The molecule has 132 valence electrons. The molecule has 1 saturated carbocycles. The number of nitrogens with one attached hydrogen (secondary N) is 2. The second kappa shape index (κ2) is 7.95. The van der Waals surface area contributed by atoms with Gasteiger partial charge in [-0.25, -0.2) is 0 Å². The number of ether oxygens (including phenoxy) is 1. The van der Waals surface area contributed by atoms with Crippen molar-refractivity contribution in [2.45, 2.75) is 63.5 Å². The van der Waals surface area contributed by atoms with E-state index >= 15 is 0 Å². The van der Waals surface area contributed by atoms with Gasteiger partial charge in [0.25, 0.3) is 0 Å². The fourth-order valence-corrected chi connectivity index (χ4v) is 4.64. The van der Waals surface area contributed by atoms with Gasteiger partial charge in [0.2, 0.25) is 5.91 Å². The van der Waals surface area contributed by atoms with Crippen LogP contribution < -0.4 is 10.6 Å². The second-order valence-electron chi connectivity index (χ2n) is 7.69. The fourth-order valence-electron chi connectivity index (χ4n) is 4.64. The maximum absolute atomic E-state index is 12.9.